The molecule has 1 aromatic rings. The third kappa shape index (κ3) is 3.90. The van der Waals surface area contributed by atoms with Crippen molar-refractivity contribution in [2.75, 3.05) is 6.54 Å². The van der Waals surface area contributed by atoms with Crippen molar-refractivity contribution in [1.82, 2.24) is 5.32 Å². The number of nitrogens with one attached hydrogen (secondary N) is 1. The first-order valence-corrected chi connectivity index (χ1v) is 5.48. The number of amides is 1. The van der Waals surface area contributed by atoms with Crippen molar-refractivity contribution in [3.63, 3.8) is 0 Å². The lowest BCUT2D eigenvalue weighted by Gasteiger charge is -2.17. The van der Waals surface area contributed by atoms with E-state index in [0.717, 1.165) is 0 Å². The summed E-state index contributed by atoms with van der Waals surface area (Å²) in [4.78, 5) is 11.6. The van der Waals surface area contributed by atoms with E-state index in [1.165, 1.54) is 12.1 Å². The molecule has 17 heavy (non-hydrogen) atoms. The number of rotatable bonds is 6. The molecule has 3 nitrogen and oxygen atoms in total. The predicted octanol–water partition coefficient (Wildman–Crippen LogP) is 2.29. The van der Waals surface area contributed by atoms with Gasteiger partial charge in [-0.2, -0.15) is 0 Å². The average Bonchev–Trinajstić information content (AvgIpc) is 2.35. The normalized spacial score (nSPS) is 11.6. The van der Waals surface area contributed by atoms with Crippen LogP contribution in [0.3, 0.4) is 0 Å². The summed E-state index contributed by atoms with van der Waals surface area (Å²) >= 11 is 0. The van der Waals surface area contributed by atoms with E-state index in [1.54, 1.807) is 25.1 Å². The Morgan fingerprint density at radius 2 is 2.29 bits per heavy atom. The van der Waals surface area contributed by atoms with Crippen LogP contribution in [-0.4, -0.2) is 18.6 Å². The summed E-state index contributed by atoms with van der Waals surface area (Å²) in [6.07, 6.45) is 1.36. The summed E-state index contributed by atoms with van der Waals surface area (Å²) in [5.41, 5.74) is 0. The van der Waals surface area contributed by atoms with Crippen molar-refractivity contribution in [3.8, 4) is 5.75 Å². The topological polar surface area (TPSA) is 38.3 Å². The van der Waals surface area contributed by atoms with E-state index < -0.39 is 11.9 Å². The van der Waals surface area contributed by atoms with Gasteiger partial charge in [-0.3, -0.25) is 4.79 Å². The molecule has 1 atom stereocenters. The van der Waals surface area contributed by atoms with Gasteiger partial charge in [0.15, 0.2) is 17.7 Å². The van der Waals surface area contributed by atoms with E-state index >= 15 is 0 Å². The van der Waals surface area contributed by atoms with Crippen LogP contribution >= 0.6 is 0 Å². The van der Waals surface area contributed by atoms with Crippen LogP contribution in [0.1, 0.15) is 13.3 Å². The van der Waals surface area contributed by atoms with E-state index in [9.17, 15) is 9.18 Å². The molecule has 0 heterocycles. The predicted molar refractivity (Wildman–Crippen MR) is 64.3 cm³/mol. The lowest BCUT2D eigenvalue weighted by atomic mass is 10.2. The Morgan fingerprint density at radius 1 is 1.59 bits per heavy atom. The Kier molecular flexibility index (Phi) is 5.20. The van der Waals surface area contributed by atoms with Crippen molar-refractivity contribution < 1.29 is 13.9 Å². The van der Waals surface area contributed by atoms with Crippen molar-refractivity contribution in [3.05, 3.63) is 42.7 Å². The zero-order chi connectivity index (χ0) is 12.7. The van der Waals surface area contributed by atoms with Gasteiger partial charge in [-0.05, 0) is 18.6 Å². The number of benzene rings is 1. The number of ether oxygens (including phenoxy) is 1. The van der Waals surface area contributed by atoms with Crippen LogP contribution in [0, 0.1) is 5.82 Å². The lowest BCUT2D eigenvalue weighted by molar-refractivity contribution is -0.127. The molecule has 0 fully saturated rings. The molecule has 92 valence electrons. The summed E-state index contributed by atoms with van der Waals surface area (Å²) in [5.74, 6) is -0.647. The van der Waals surface area contributed by atoms with E-state index in [0.29, 0.717) is 13.0 Å². The molecular formula is C13H16FNO2. The average molecular weight is 237 g/mol. The van der Waals surface area contributed by atoms with Gasteiger partial charge >= 0.3 is 0 Å². The van der Waals surface area contributed by atoms with Gasteiger partial charge in [-0.25, -0.2) is 4.39 Å². The maximum Gasteiger partial charge on any atom is 0.261 e. The maximum absolute atomic E-state index is 13.3. The Balaban J connectivity index is 2.66. The highest BCUT2D eigenvalue weighted by Crippen LogP contribution is 2.17. The Morgan fingerprint density at radius 3 is 2.88 bits per heavy atom. The number of halogens is 1. The smallest absolute Gasteiger partial charge is 0.261 e. The fraction of sp³-hybridized carbons (Fsp3) is 0.308. The number of carbonyl (C=O) groups is 1. The van der Waals surface area contributed by atoms with Crippen LogP contribution in [-0.2, 0) is 4.79 Å². The monoisotopic (exact) mass is 237 g/mol. The fourth-order valence-corrected chi connectivity index (χ4v) is 1.30. The molecule has 0 aliphatic carbocycles. The maximum atomic E-state index is 13.3. The van der Waals surface area contributed by atoms with Gasteiger partial charge < -0.3 is 10.1 Å². The Labute approximate surface area is 100 Å². The molecule has 4 heteroatoms. The van der Waals surface area contributed by atoms with Gasteiger partial charge in [0.05, 0.1) is 0 Å². The molecule has 0 spiro atoms. The second-order valence-electron chi connectivity index (χ2n) is 3.48. The first-order valence-electron chi connectivity index (χ1n) is 5.48. The molecule has 1 N–H and O–H groups in total. The molecule has 1 unspecified atom stereocenters. The molecule has 0 saturated heterocycles. The number of hydrogen-bond acceptors (Lipinski definition) is 2. The van der Waals surface area contributed by atoms with Crippen LogP contribution in [0.15, 0.2) is 36.9 Å². The summed E-state index contributed by atoms with van der Waals surface area (Å²) in [7, 11) is 0. The molecule has 0 aliphatic heterocycles. The Bertz CT molecular complexity index is 393. The molecule has 0 radical (unpaired) electrons. The zero-order valence-corrected chi connectivity index (χ0v) is 9.78. The second-order valence-corrected chi connectivity index (χ2v) is 3.48. The van der Waals surface area contributed by atoms with Gasteiger partial charge in [-0.15, -0.1) is 6.58 Å². The minimum absolute atomic E-state index is 0.0908. The van der Waals surface area contributed by atoms with Crippen molar-refractivity contribution >= 4 is 5.91 Å². The zero-order valence-electron chi connectivity index (χ0n) is 9.78. The minimum atomic E-state index is -0.688. The van der Waals surface area contributed by atoms with Crippen LogP contribution in [0.5, 0.6) is 5.75 Å². The van der Waals surface area contributed by atoms with Gasteiger partial charge in [-0.1, -0.05) is 25.1 Å². The van der Waals surface area contributed by atoms with Crippen molar-refractivity contribution in [2.45, 2.75) is 19.4 Å². The standard InChI is InChI=1S/C13H16FNO2/c1-3-9-15-13(16)11(4-2)17-12-8-6-5-7-10(12)14/h3,5-8,11H,1,4,9H2,2H3,(H,15,16). The van der Waals surface area contributed by atoms with Crippen molar-refractivity contribution in [2.24, 2.45) is 0 Å². The lowest BCUT2D eigenvalue weighted by Crippen LogP contribution is -2.38. The van der Waals surface area contributed by atoms with Gasteiger partial charge in [0.25, 0.3) is 5.91 Å². The summed E-state index contributed by atoms with van der Waals surface area (Å²) < 4.78 is 18.7. The molecule has 1 rings (SSSR count). The first-order chi connectivity index (χ1) is 8.19. The number of para-hydroxylation sites is 1. The van der Waals surface area contributed by atoms with E-state index in [4.69, 9.17) is 4.74 Å². The first kappa shape index (κ1) is 13.2. The van der Waals surface area contributed by atoms with Gasteiger partial charge in [0.2, 0.25) is 0 Å². The summed E-state index contributed by atoms with van der Waals surface area (Å²) in [6.45, 7) is 5.68. The number of hydrogen-bond donors (Lipinski definition) is 1. The van der Waals surface area contributed by atoms with Gasteiger partial charge in [0, 0.05) is 6.54 Å². The molecule has 1 amide bonds. The Hall–Kier alpha value is -1.84. The van der Waals surface area contributed by atoms with E-state index in [2.05, 4.69) is 11.9 Å². The molecule has 0 aliphatic rings. The minimum Gasteiger partial charge on any atom is -0.478 e. The van der Waals surface area contributed by atoms with Crippen LogP contribution in [0.4, 0.5) is 4.39 Å². The third-order valence-corrected chi connectivity index (χ3v) is 2.19. The molecule has 0 saturated carbocycles. The highest BCUT2D eigenvalue weighted by Gasteiger charge is 2.18. The van der Waals surface area contributed by atoms with Crippen molar-refractivity contribution in [1.29, 1.82) is 0 Å². The highest BCUT2D eigenvalue weighted by molar-refractivity contribution is 5.81. The van der Waals surface area contributed by atoms with E-state index in [1.807, 2.05) is 0 Å². The molecular weight excluding hydrogens is 221 g/mol. The van der Waals surface area contributed by atoms with E-state index in [-0.39, 0.29) is 11.7 Å². The van der Waals surface area contributed by atoms with Gasteiger partial charge in [0.1, 0.15) is 0 Å². The molecule has 0 aromatic heterocycles. The SMILES string of the molecule is C=CCNC(=O)C(CC)Oc1ccccc1F. The summed E-state index contributed by atoms with van der Waals surface area (Å²) in [6, 6.07) is 6.02. The van der Waals surface area contributed by atoms with Crippen LogP contribution in [0.25, 0.3) is 0 Å². The second kappa shape index (κ2) is 6.68. The fourth-order valence-electron chi connectivity index (χ4n) is 1.30. The van der Waals surface area contributed by atoms with Crippen LogP contribution < -0.4 is 10.1 Å². The number of carbonyl (C=O) groups excluding carboxylic acids is 1. The van der Waals surface area contributed by atoms with Crippen LogP contribution in [0.2, 0.25) is 0 Å². The molecule has 0 bridgehead atoms. The highest BCUT2D eigenvalue weighted by atomic mass is 19.1. The quantitative estimate of drug-likeness (QED) is 0.771. The third-order valence-electron chi connectivity index (χ3n) is 2.19. The largest absolute Gasteiger partial charge is 0.478 e. The molecule has 1 aromatic carbocycles. The summed E-state index contributed by atoms with van der Waals surface area (Å²) in [5, 5.41) is 2.62.